The molecular formula is C28H39N3O6. The molecular weight excluding hydrogens is 474 g/mol. The first-order valence-corrected chi connectivity index (χ1v) is 13.0. The van der Waals surface area contributed by atoms with Crippen LogP contribution in [0.4, 0.5) is 0 Å². The Bertz CT molecular complexity index is 1140. The standard InChI is InChI=1S/C28H39N3O6/c32-20-23-17-22(12-13-25(23)33)26(34)18-29-14-6-1-2-7-15-37-16-8-5-10-21-9-3-4-11-24(21)31-27(35)19-30-28(31)36/h3-4,9,11-13,17,19,26,29,32-35H,1-2,5-8,10,14-16,18,20H2,(H,30,36)/t26-/m0/s1. The SMILES string of the molecule is O=c1[nH]cc(O)n1-c1ccccc1CCCCOCCCCCCNC[C@H](O)c1ccc(O)c(CO)c1. The van der Waals surface area contributed by atoms with Crippen molar-refractivity contribution in [2.75, 3.05) is 26.3 Å². The topological polar surface area (TPSA) is 140 Å². The van der Waals surface area contributed by atoms with Crippen LogP contribution in [-0.4, -0.2) is 56.3 Å². The third-order valence-corrected chi connectivity index (χ3v) is 6.36. The highest BCUT2D eigenvalue weighted by Gasteiger charge is 2.11. The molecule has 1 heterocycles. The van der Waals surface area contributed by atoms with Crippen molar-refractivity contribution in [3.05, 3.63) is 75.8 Å². The summed E-state index contributed by atoms with van der Waals surface area (Å²) in [6.07, 6.45) is 7.47. The summed E-state index contributed by atoms with van der Waals surface area (Å²) in [6, 6.07) is 12.4. The van der Waals surface area contributed by atoms with Crippen LogP contribution in [0.2, 0.25) is 0 Å². The number of aliphatic hydroxyl groups excluding tert-OH is 2. The van der Waals surface area contributed by atoms with Gasteiger partial charge in [0, 0.05) is 25.3 Å². The second kappa shape index (κ2) is 15.2. The molecule has 1 atom stereocenters. The highest BCUT2D eigenvalue weighted by atomic mass is 16.5. The summed E-state index contributed by atoms with van der Waals surface area (Å²) in [4.78, 5) is 14.5. The number of imidazole rings is 1. The molecule has 0 unspecified atom stereocenters. The van der Waals surface area contributed by atoms with Crippen LogP contribution < -0.4 is 11.0 Å². The van der Waals surface area contributed by atoms with E-state index in [0.29, 0.717) is 30.0 Å². The van der Waals surface area contributed by atoms with Crippen molar-refractivity contribution in [1.29, 1.82) is 0 Å². The number of rotatable bonds is 17. The van der Waals surface area contributed by atoms with Gasteiger partial charge in [-0.15, -0.1) is 0 Å². The Morgan fingerprint density at radius 2 is 1.70 bits per heavy atom. The third-order valence-electron chi connectivity index (χ3n) is 6.36. The summed E-state index contributed by atoms with van der Waals surface area (Å²) in [5, 5.41) is 42.3. The highest BCUT2D eigenvalue weighted by molar-refractivity contribution is 5.43. The lowest BCUT2D eigenvalue weighted by molar-refractivity contribution is 0.126. The van der Waals surface area contributed by atoms with Crippen molar-refractivity contribution < 1.29 is 25.2 Å². The molecule has 0 bridgehead atoms. The molecule has 0 aliphatic heterocycles. The molecule has 9 nitrogen and oxygen atoms in total. The van der Waals surface area contributed by atoms with Gasteiger partial charge in [0.15, 0.2) is 0 Å². The maximum atomic E-state index is 12.0. The van der Waals surface area contributed by atoms with Crippen LogP contribution in [0, 0.1) is 0 Å². The van der Waals surface area contributed by atoms with Crippen LogP contribution in [0.3, 0.4) is 0 Å². The summed E-state index contributed by atoms with van der Waals surface area (Å²) in [5.74, 6) is -0.0638. The van der Waals surface area contributed by atoms with Crippen LogP contribution in [0.25, 0.3) is 5.69 Å². The molecule has 3 aromatic rings. The smallest absolute Gasteiger partial charge is 0.333 e. The van der Waals surface area contributed by atoms with E-state index in [1.807, 2.05) is 24.3 Å². The monoisotopic (exact) mass is 513 g/mol. The largest absolute Gasteiger partial charge is 0.508 e. The number of aryl methyl sites for hydroxylation is 1. The molecule has 2 aromatic carbocycles. The number of aromatic hydroxyl groups is 2. The number of nitrogens with zero attached hydrogens (tertiary/aromatic N) is 1. The molecule has 202 valence electrons. The summed E-state index contributed by atoms with van der Waals surface area (Å²) in [6.45, 7) is 2.42. The molecule has 0 saturated heterocycles. The van der Waals surface area contributed by atoms with Gasteiger partial charge in [-0.3, -0.25) is 0 Å². The van der Waals surface area contributed by atoms with Gasteiger partial charge in [-0.25, -0.2) is 9.36 Å². The Morgan fingerprint density at radius 3 is 2.46 bits per heavy atom. The van der Waals surface area contributed by atoms with Crippen LogP contribution >= 0.6 is 0 Å². The van der Waals surface area contributed by atoms with Crippen LogP contribution in [-0.2, 0) is 17.8 Å². The summed E-state index contributed by atoms with van der Waals surface area (Å²) in [5.41, 5.74) is 2.45. The minimum Gasteiger partial charge on any atom is -0.508 e. The maximum absolute atomic E-state index is 12.0. The number of ether oxygens (including phenoxy) is 1. The van der Waals surface area contributed by atoms with Gasteiger partial charge < -0.3 is 35.5 Å². The average molecular weight is 514 g/mol. The van der Waals surface area contributed by atoms with E-state index >= 15 is 0 Å². The van der Waals surface area contributed by atoms with E-state index in [1.54, 1.807) is 12.1 Å². The fourth-order valence-electron chi connectivity index (χ4n) is 4.26. The molecule has 0 saturated carbocycles. The first-order valence-electron chi connectivity index (χ1n) is 13.0. The number of nitrogens with one attached hydrogen (secondary N) is 2. The number of hydrogen-bond donors (Lipinski definition) is 6. The molecule has 3 rings (SSSR count). The quantitative estimate of drug-likeness (QED) is 0.152. The Kier molecular flexibility index (Phi) is 11.7. The number of hydrogen-bond acceptors (Lipinski definition) is 7. The van der Waals surface area contributed by atoms with Crippen molar-refractivity contribution in [3.8, 4) is 17.3 Å². The maximum Gasteiger partial charge on any atom is 0.333 e. The van der Waals surface area contributed by atoms with E-state index in [0.717, 1.165) is 63.7 Å². The number of phenols is 1. The van der Waals surface area contributed by atoms with Gasteiger partial charge in [0.2, 0.25) is 5.88 Å². The minimum absolute atomic E-state index is 0.0329. The fourth-order valence-corrected chi connectivity index (χ4v) is 4.26. The van der Waals surface area contributed by atoms with Gasteiger partial charge in [-0.1, -0.05) is 37.1 Å². The molecule has 0 spiro atoms. The van der Waals surface area contributed by atoms with Crippen molar-refractivity contribution >= 4 is 0 Å². The summed E-state index contributed by atoms with van der Waals surface area (Å²) < 4.78 is 7.05. The number of aromatic nitrogens is 2. The molecule has 9 heteroatoms. The molecule has 0 aliphatic carbocycles. The third kappa shape index (κ3) is 8.75. The van der Waals surface area contributed by atoms with Crippen LogP contribution in [0.15, 0.2) is 53.5 Å². The second-order valence-electron chi connectivity index (χ2n) is 9.17. The fraction of sp³-hybridized carbons (Fsp3) is 0.464. The number of para-hydroxylation sites is 1. The van der Waals surface area contributed by atoms with Crippen LogP contribution in [0.1, 0.15) is 61.3 Å². The van der Waals surface area contributed by atoms with E-state index in [4.69, 9.17) is 4.74 Å². The number of H-pyrrole nitrogens is 1. The summed E-state index contributed by atoms with van der Waals surface area (Å²) in [7, 11) is 0. The minimum atomic E-state index is -0.684. The zero-order valence-corrected chi connectivity index (χ0v) is 21.2. The molecule has 6 N–H and O–H groups in total. The van der Waals surface area contributed by atoms with Gasteiger partial charge >= 0.3 is 5.69 Å². The Labute approximate surface area is 217 Å². The first-order chi connectivity index (χ1) is 18.0. The second-order valence-corrected chi connectivity index (χ2v) is 9.17. The lowest BCUT2D eigenvalue weighted by atomic mass is 10.1. The molecule has 0 radical (unpaired) electrons. The molecule has 0 amide bonds. The van der Waals surface area contributed by atoms with E-state index in [1.165, 1.54) is 16.8 Å². The average Bonchev–Trinajstić information content (AvgIpc) is 3.24. The molecule has 37 heavy (non-hydrogen) atoms. The van der Waals surface area contributed by atoms with E-state index in [-0.39, 0.29) is 23.9 Å². The predicted molar refractivity (Wildman–Crippen MR) is 142 cm³/mol. The predicted octanol–water partition coefficient (Wildman–Crippen LogP) is 3.29. The van der Waals surface area contributed by atoms with Crippen LogP contribution in [0.5, 0.6) is 11.6 Å². The van der Waals surface area contributed by atoms with Crippen molar-refractivity contribution in [2.45, 2.75) is 57.7 Å². The van der Waals surface area contributed by atoms with Gasteiger partial charge in [-0.2, -0.15) is 0 Å². The lowest BCUT2D eigenvalue weighted by Gasteiger charge is -2.14. The van der Waals surface area contributed by atoms with Gasteiger partial charge in [0.25, 0.3) is 0 Å². The molecule has 0 fully saturated rings. The zero-order chi connectivity index (χ0) is 26.5. The Morgan fingerprint density at radius 1 is 0.946 bits per heavy atom. The lowest BCUT2D eigenvalue weighted by Crippen LogP contribution is -2.22. The van der Waals surface area contributed by atoms with E-state index < -0.39 is 6.10 Å². The number of unbranched alkanes of at least 4 members (excludes halogenated alkanes) is 4. The van der Waals surface area contributed by atoms with Crippen molar-refractivity contribution in [1.82, 2.24) is 14.9 Å². The molecule has 1 aromatic heterocycles. The Hall–Kier alpha value is -3.11. The van der Waals surface area contributed by atoms with E-state index in [9.17, 15) is 25.2 Å². The number of benzene rings is 2. The number of aromatic amines is 1. The normalized spacial score (nSPS) is 12.2. The van der Waals surface area contributed by atoms with Crippen molar-refractivity contribution in [2.24, 2.45) is 0 Å². The highest BCUT2D eigenvalue weighted by Crippen LogP contribution is 2.22. The Balaban J connectivity index is 1.19. The first kappa shape index (κ1) is 28.5. The summed E-state index contributed by atoms with van der Waals surface area (Å²) >= 11 is 0. The van der Waals surface area contributed by atoms with Crippen molar-refractivity contribution in [3.63, 3.8) is 0 Å². The van der Waals surface area contributed by atoms with Gasteiger partial charge in [-0.05, 0) is 68.0 Å². The number of aliphatic hydroxyl groups is 2. The zero-order valence-electron chi connectivity index (χ0n) is 21.2. The van der Waals surface area contributed by atoms with Gasteiger partial charge in [0.05, 0.1) is 24.6 Å². The molecule has 0 aliphatic rings. The van der Waals surface area contributed by atoms with Gasteiger partial charge in [0.1, 0.15) is 5.75 Å². The van der Waals surface area contributed by atoms with E-state index in [2.05, 4.69) is 10.3 Å².